The minimum Gasteiger partial charge on any atom is -0.373 e. The lowest BCUT2D eigenvalue weighted by molar-refractivity contribution is -0.144. The summed E-state index contributed by atoms with van der Waals surface area (Å²) >= 11 is 0. The van der Waals surface area contributed by atoms with E-state index in [-0.39, 0.29) is 11.8 Å². The Bertz CT molecular complexity index is 639. The summed E-state index contributed by atoms with van der Waals surface area (Å²) < 4.78 is 0. The summed E-state index contributed by atoms with van der Waals surface area (Å²) in [5.74, 6) is 2.01. The van der Waals surface area contributed by atoms with E-state index in [1.807, 2.05) is 24.9 Å². The first-order valence-corrected chi connectivity index (χ1v) is 8.32. The van der Waals surface area contributed by atoms with Crippen molar-refractivity contribution < 1.29 is 4.79 Å². The third kappa shape index (κ3) is 2.88. The predicted molar refractivity (Wildman–Crippen MR) is 86.8 cm³/mol. The van der Waals surface area contributed by atoms with Gasteiger partial charge in [0.2, 0.25) is 5.91 Å². The normalized spacial score (nSPS) is 20.5. The number of carbonyl (C=O) groups excluding carboxylic acids is 1. The molecule has 0 unspecified atom stereocenters. The molecule has 0 spiro atoms. The minimum absolute atomic E-state index is 0.0331. The van der Waals surface area contributed by atoms with Crippen LogP contribution in [0.25, 0.3) is 0 Å². The van der Waals surface area contributed by atoms with Gasteiger partial charge in [-0.25, -0.2) is 9.97 Å². The Morgan fingerprint density at radius 1 is 1.39 bits per heavy atom. The molecule has 3 rings (SSSR count). The molecule has 1 N–H and O–H groups in total. The summed E-state index contributed by atoms with van der Waals surface area (Å²) in [4.78, 5) is 23.6. The summed E-state index contributed by atoms with van der Waals surface area (Å²) in [6.45, 7) is 3.36. The van der Waals surface area contributed by atoms with Crippen LogP contribution < -0.4 is 5.32 Å². The molecule has 1 amide bonds. The van der Waals surface area contributed by atoms with Crippen molar-refractivity contribution in [2.75, 3.05) is 25.5 Å². The molecule has 0 bridgehead atoms. The van der Waals surface area contributed by atoms with Crippen LogP contribution in [0.15, 0.2) is 6.07 Å². The van der Waals surface area contributed by atoms with Gasteiger partial charge in [0.05, 0.1) is 6.07 Å². The largest absolute Gasteiger partial charge is 0.373 e. The number of nitrogens with zero attached hydrogens (tertiary/aromatic N) is 4. The summed E-state index contributed by atoms with van der Waals surface area (Å²) in [5.41, 5.74) is 0.224. The van der Waals surface area contributed by atoms with E-state index in [2.05, 4.69) is 21.4 Å². The van der Waals surface area contributed by atoms with Gasteiger partial charge in [0.25, 0.3) is 0 Å². The summed E-state index contributed by atoms with van der Waals surface area (Å²) in [6.07, 6.45) is 4.14. The smallest absolute Gasteiger partial charge is 0.243 e. The van der Waals surface area contributed by atoms with Crippen molar-refractivity contribution in [3.8, 4) is 6.07 Å². The topological polar surface area (TPSA) is 81.9 Å². The fraction of sp³-hybridized carbons (Fsp3) is 0.647. The molecule has 1 aromatic heterocycles. The second-order valence-electron chi connectivity index (χ2n) is 6.62. The molecule has 2 aliphatic rings. The second kappa shape index (κ2) is 6.15. The van der Waals surface area contributed by atoms with Crippen molar-refractivity contribution in [1.82, 2.24) is 14.9 Å². The molecule has 1 saturated heterocycles. The van der Waals surface area contributed by atoms with Gasteiger partial charge in [-0.1, -0.05) is 0 Å². The number of aromatic nitrogens is 2. The number of hydrogen-bond acceptors (Lipinski definition) is 5. The molecular weight excluding hydrogens is 290 g/mol. The number of amides is 1. The Morgan fingerprint density at radius 2 is 2.09 bits per heavy atom. The van der Waals surface area contributed by atoms with Gasteiger partial charge in [-0.2, -0.15) is 5.26 Å². The summed E-state index contributed by atoms with van der Waals surface area (Å²) in [7, 11) is 1.85. The highest BCUT2D eigenvalue weighted by molar-refractivity contribution is 5.86. The molecule has 1 saturated carbocycles. The van der Waals surface area contributed by atoms with Crippen molar-refractivity contribution in [2.24, 2.45) is 5.41 Å². The average molecular weight is 313 g/mol. The molecular formula is C17H23N5O. The van der Waals surface area contributed by atoms with Gasteiger partial charge in [0.15, 0.2) is 0 Å². The van der Waals surface area contributed by atoms with Gasteiger partial charge in [-0.05, 0) is 39.0 Å². The molecule has 2 heterocycles. The Hall–Kier alpha value is -2.16. The highest BCUT2D eigenvalue weighted by Gasteiger charge is 2.47. The maximum absolute atomic E-state index is 12.6. The van der Waals surface area contributed by atoms with Gasteiger partial charge in [-0.3, -0.25) is 4.79 Å². The number of carbonyl (C=O) groups is 1. The average Bonchev–Trinajstić information content (AvgIpc) is 2.53. The standard InChI is InChI=1S/C17H23N5O/c1-12-10-14(19-2)21-15(20-12)13-4-8-22(9-5-13)16(23)17(11-18)6-3-7-17/h10,13H,3-9H2,1-2H3,(H,19,20,21). The fourth-order valence-corrected chi connectivity index (χ4v) is 3.45. The Morgan fingerprint density at radius 3 is 2.61 bits per heavy atom. The van der Waals surface area contributed by atoms with E-state index in [9.17, 15) is 10.1 Å². The zero-order chi connectivity index (χ0) is 16.4. The monoisotopic (exact) mass is 313 g/mol. The molecule has 1 aliphatic carbocycles. The fourth-order valence-electron chi connectivity index (χ4n) is 3.45. The van der Waals surface area contributed by atoms with Crippen LogP contribution in [0.2, 0.25) is 0 Å². The van der Waals surface area contributed by atoms with E-state index in [1.165, 1.54) is 0 Å². The van der Waals surface area contributed by atoms with Crippen molar-refractivity contribution in [1.29, 1.82) is 5.26 Å². The minimum atomic E-state index is -0.730. The van der Waals surface area contributed by atoms with Crippen molar-refractivity contribution in [3.63, 3.8) is 0 Å². The van der Waals surface area contributed by atoms with Crippen LogP contribution in [0, 0.1) is 23.7 Å². The van der Waals surface area contributed by atoms with Crippen LogP contribution in [-0.2, 0) is 4.79 Å². The van der Waals surface area contributed by atoms with Gasteiger partial charge in [0.1, 0.15) is 17.1 Å². The highest BCUT2D eigenvalue weighted by atomic mass is 16.2. The summed E-state index contributed by atoms with van der Waals surface area (Å²) in [6, 6.07) is 4.18. The number of hydrogen-bond donors (Lipinski definition) is 1. The molecule has 0 atom stereocenters. The van der Waals surface area contributed by atoms with Crippen LogP contribution in [0.1, 0.15) is 49.5 Å². The number of aryl methyl sites for hydroxylation is 1. The number of rotatable bonds is 3. The van der Waals surface area contributed by atoms with Crippen LogP contribution in [0.5, 0.6) is 0 Å². The van der Waals surface area contributed by atoms with Crippen molar-refractivity contribution in [3.05, 3.63) is 17.6 Å². The molecule has 1 aliphatic heterocycles. The molecule has 6 nitrogen and oxygen atoms in total. The molecule has 1 aromatic rings. The predicted octanol–water partition coefficient (Wildman–Crippen LogP) is 2.23. The maximum Gasteiger partial charge on any atom is 0.243 e. The number of piperidine rings is 1. The third-order valence-electron chi connectivity index (χ3n) is 5.11. The highest BCUT2D eigenvalue weighted by Crippen LogP contribution is 2.42. The summed E-state index contributed by atoms with van der Waals surface area (Å²) in [5, 5.41) is 12.4. The number of anilines is 1. The lowest BCUT2D eigenvalue weighted by atomic mass is 9.68. The molecule has 2 fully saturated rings. The Kier molecular flexibility index (Phi) is 4.20. The SMILES string of the molecule is CNc1cc(C)nc(C2CCN(C(=O)C3(C#N)CCC3)CC2)n1. The molecule has 0 aromatic carbocycles. The van der Waals surface area contributed by atoms with Gasteiger partial charge in [-0.15, -0.1) is 0 Å². The van der Waals surface area contributed by atoms with Crippen LogP contribution in [-0.4, -0.2) is 40.9 Å². The molecule has 23 heavy (non-hydrogen) atoms. The van der Waals surface area contributed by atoms with Crippen LogP contribution >= 0.6 is 0 Å². The Labute approximate surface area is 136 Å². The maximum atomic E-state index is 12.6. The Balaban J connectivity index is 1.66. The van der Waals surface area contributed by atoms with E-state index in [0.717, 1.165) is 49.4 Å². The number of nitriles is 1. The van der Waals surface area contributed by atoms with Crippen molar-refractivity contribution >= 4 is 11.7 Å². The lowest BCUT2D eigenvalue weighted by Crippen LogP contribution is -2.49. The first kappa shape index (κ1) is 15.7. The number of likely N-dealkylation sites (tertiary alicyclic amines) is 1. The molecule has 122 valence electrons. The molecule has 6 heteroatoms. The van der Waals surface area contributed by atoms with Gasteiger partial charge >= 0.3 is 0 Å². The van der Waals surface area contributed by atoms with Gasteiger partial charge < -0.3 is 10.2 Å². The first-order valence-electron chi connectivity index (χ1n) is 8.32. The lowest BCUT2D eigenvalue weighted by Gasteiger charge is -2.40. The second-order valence-corrected chi connectivity index (χ2v) is 6.62. The molecule has 0 radical (unpaired) electrons. The van der Waals surface area contributed by atoms with Crippen molar-refractivity contribution in [2.45, 2.75) is 44.9 Å². The third-order valence-corrected chi connectivity index (χ3v) is 5.11. The quantitative estimate of drug-likeness (QED) is 0.925. The van der Waals surface area contributed by atoms with E-state index >= 15 is 0 Å². The first-order chi connectivity index (χ1) is 11.1. The van der Waals surface area contributed by atoms with E-state index in [4.69, 9.17) is 0 Å². The van der Waals surface area contributed by atoms with Crippen LogP contribution in [0.4, 0.5) is 5.82 Å². The van der Waals surface area contributed by atoms with E-state index in [0.29, 0.717) is 13.1 Å². The zero-order valence-electron chi connectivity index (χ0n) is 13.8. The van der Waals surface area contributed by atoms with E-state index in [1.54, 1.807) is 0 Å². The van der Waals surface area contributed by atoms with Gasteiger partial charge in [0, 0.05) is 37.8 Å². The number of nitrogens with one attached hydrogen (secondary N) is 1. The van der Waals surface area contributed by atoms with Crippen LogP contribution in [0.3, 0.4) is 0 Å². The zero-order valence-corrected chi connectivity index (χ0v) is 13.8. The van der Waals surface area contributed by atoms with E-state index < -0.39 is 5.41 Å².